The Kier molecular flexibility index (Phi) is 4.24. The van der Waals surface area contributed by atoms with Gasteiger partial charge in [0.2, 0.25) is 0 Å². The Morgan fingerprint density at radius 2 is 2.06 bits per heavy atom. The molecule has 0 saturated carbocycles. The van der Waals surface area contributed by atoms with Gasteiger partial charge in [-0.1, -0.05) is 29.8 Å². The van der Waals surface area contributed by atoms with Crippen LogP contribution < -0.4 is 0 Å². The van der Waals surface area contributed by atoms with Crippen LogP contribution in [0.3, 0.4) is 0 Å². The number of benzene rings is 1. The molecule has 0 aliphatic carbocycles. The Morgan fingerprint density at radius 3 is 2.78 bits per heavy atom. The molecule has 0 fully saturated rings. The highest BCUT2D eigenvalue weighted by atomic mass is 35.5. The lowest BCUT2D eigenvalue weighted by Crippen LogP contribution is -1.91. The van der Waals surface area contributed by atoms with E-state index in [1.54, 1.807) is 6.07 Å². The largest absolute Gasteiger partial charge is 0.245 e. The van der Waals surface area contributed by atoms with E-state index in [4.69, 9.17) is 16.9 Å². The molecular formula is C14H11ClN2S. The van der Waals surface area contributed by atoms with Crippen molar-refractivity contribution in [1.82, 2.24) is 4.98 Å². The van der Waals surface area contributed by atoms with Crippen molar-refractivity contribution in [2.24, 2.45) is 0 Å². The number of nitriles is 1. The van der Waals surface area contributed by atoms with Gasteiger partial charge in [0, 0.05) is 16.5 Å². The van der Waals surface area contributed by atoms with E-state index < -0.39 is 0 Å². The standard InChI is InChI=1S/C14H11ClN2S/c1-10-6-7-11(8-16)14(17-10)18-9-12-4-2-3-5-13(12)15/h2-7H,9H2,1H3. The summed E-state index contributed by atoms with van der Waals surface area (Å²) in [7, 11) is 0. The number of aromatic nitrogens is 1. The van der Waals surface area contributed by atoms with Gasteiger partial charge in [-0.3, -0.25) is 0 Å². The maximum Gasteiger partial charge on any atom is 0.114 e. The number of hydrogen-bond acceptors (Lipinski definition) is 3. The zero-order valence-electron chi connectivity index (χ0n) is 9.85. The Balaban J connectivity index is 2.18. The highest BCUT2D eigenvalue weighted by molar-refractivity contribution is 7.98. The first-order chi connectivity index (χ1) is 8.70. The average molecular weight is 275 g/mol. The van der Waals surface area contributed by atoms with E-state index in [2.05, 4.69) is 11.1 Å². The van der Waals surface area contributed by atoms with Crippen molar-refractivity contribution in [2.75, 3.05) is 0 Å². The molecule has 0 unspecified atom stereocenters. The summed E-state index contributed by atoms with van der Waals surface area (Å²) in [5.74, 6) is 0.713. The minimum absolute atomic E-state index is 0.609. The van der Waals surface area contributed by atoms with Crippen LogP contribution in [0.15, 0.2) is 41.4 Å². The van der Waals surface area contributed by atoms with E-state index in [0.29, 0.717) is 11.3 Å². The molecule has 1 heterocycles. The summed E-state index contributed by atoms with van der Waals surface area (Å²) in [6.07, 6.45) is 0. The second-order valence-electron chi connectivity index (χ2n) is 3.80. The molecule has 18 heavy (non-hydrogen) atoms. The summed E-state index contributed by atoms with van der Waals surface area (Å²) >= 11 is 7.63. The number of thioether (sulfide) groups is 1. The molecule has 0 aliphatic rings. The number of halogens is 1. The van der Waals surface area contributed by atoms with E-state index >= 15 is 0 Å². The molecule has 1 aromatic heterocycles. The minimum atomic E-state index is 0.609. The van der Waals surface area contributed by atoms with Gasteiger partial charge >= 0.3 is 0 Å². The zero-order valence-corrected chi connectivity index (χ0v) is 11.4. The smallest absolute Gasteiger partial charge is 0.114 e. The summed E-state index contributed by atoms with van der Waals surface area (Å²) < 4.78 is 0. The molecule has 4 heteroatoms. The fourth-order valence-corrected chi connectivity index (χ4v) is 2.79. The fraction of sp³-hybridized carbons (Fsp3) is 0.143. The predicted molar refractivity (Wildman–Crippen MR) is 74.7 cm³/mol. The second-order valence-corrected chi connectivity index (χ2v) is 5.17. The summed E-state index contributed by atoms with van der Waals surface area (Å²) in [6, 6.07) is 13.5. The molecule has 0 aliphatic heterocycles. The average Bonchev–Trinajstić information content (AvgIpc) is 2.38. The van der Waals surface area contributed by atoms with Gasteiger partial charge in [-0.05, 0) is 30.7 Å². The van der Waals surface area contributed by atoms with Gasteiger partial charge in [-0.25, -0.2) is 4.98 Å². The summed E-state index contributed by atoms with van der Waals surface area (Å²) in [6.45, 7) is 1.92. The number of pyridine rings is 1. The van der Waals surface area contributed by atoms with Gasteiger partial charge in [0.05, 0.1) is 5.56 Å². The topological polar surface area (TPSA) is 36.7 Å². The van der Waals surface area contributed by atoms with Gasteiger partial charge in [0.15, 0.2) is 0 Å². The summed E-state index contributed by atoms with van der Waals surface area (Å²) in [5, 5.41) is 10.5. The van der Waals surface area contributed by atoms with Crippen molar-refractivity contribution in [1.29, 1.82) is 5.26 Å². The lowest BCUT2D eigenvalue weighted by molar-refractivity contribution is 1.05. The molecule has 90 valence electrons. The Hall–Kier alpha value is -1.50. The zero-order chi connectivity index (χ0) is 13.0. The van der Waals surface area contributed by atoms with Crippen molar-refractivity contribution in [2.45, 2.75) is 17.7 Å². The molecule has 0 atom stereocenters. The molecule has 2 rings (SSSR count). The molecule has 2 nitrogen and oxygen atoms in total. The highest BCUT2D eigenvalue weighted by Crippen LogP contribution is 2.27. The Morgan fingerprint density at radius 1 is 1.28 bits per heavy atom. The third-order valence-corrected chi connectivity index (χ3v) is 3.85. The first-order valence-electron chi connectivity index (χ1n) is 5.44. The lowest BCUT2D eigenvalue weighted by atomic mass is 10.2. The summed E-state index contributed by atoms with van der Waals surface area (Å²) in [5.41, 5.74) is 2.57. The van der Waals surface area contributed by atoms with Crippen molar-refractivity contribution < 1.29 is 0 Å². The maximum absolute atomic E-state index is 9.03. The SMILES string of the molecule is Cc1ccc(C#N)c(SCc2ccccc2Cl)n1. The van der Waals surface area contributed by atoms with E-state index in [9.17, 15) is 0 Å². The van der Waals surface area contributed by atoms with Crippen molar-refractivity contribution in [3.8, 4) is 6.07 Å². The third kappa shape index (κ3) is 3.04. The number of nitrogens with zero attached hydrogens (tertiary/aromatic N) is 2. The van der Waals surface area contributed by atoms with Crippen LogP contribution in [-0.4, -0.2) is 4.98 Å². The molecule has 0 bridgehead atoms. The molecule has 2 aromatic rings. The number of aryl methyl sites for hydroxylation is 1. The normalized spacial score (nSPS) is 10.1. The third-order valence-electron chi connectivity index (χ3n) is 2.44. The molecule has 0 radical (unpaired) electrons. The minimum Gasteiger partial charge on any atom is -0.245 e. The fourth-order valence-electron chi connectivity index (χ4n) is 1.49. The van der Waals surface area contributed by atoms with Crippen molar-refractivity contribution in [3.63, 3.8) is 0 Å². The van der Waals surface area contributed by atoms with E-state index in [0.717, 1.165) is 21.3 Å². The first-order valence-corrected chi connectivity index (χ1v) is 6.81. The molecular weight excluding hydrogens is 264 g/mol. The van der Waals surface area contributed by atoms with Gasteiger partial charge in [0.25, 0.3) is 0 Å². The Bertz CT molecular complexity index is 605. The highest BCUT2D eigenvalue weighted by Gasteiger charge is 2.06. The van der Waals surface area contributed by atoms with Crippen molar-refractivity contribution >= 4 is 23.4 Å². The van der Waals surface area contributed by atoms with Crippen LogP contribution in [0.2, 0.25) is 5.02 Å². The van der Waals surface area contributed by atoms with Gasteiger partial charge < -0.3 is 0 Å². The van der Waals surface area contributed by atoms with Crippen LogP contribution in [0.1, 0.15) is 16.8 Å². The quantitative estimate of drug-likeness (QED) is 0.787. The van der Waals surface area contributed by atoms with Gasteiger partial charge in [-0.15, -0.1) is 11.8 Å². The first kappa shape index (κ1) is 12.9. The second kappa shape index (κ2) is 5.90. The monoisotopic (exact) mass is 274 g/mol. The van der Waals surface area contributed by atoms with Crippen LogP contribution in [0.5, 0.6) is 0 Å². The van der Waals surface area contributed by atoms with Crippen LogP contribution in [0, 0.1) is 18.3 Å². The van der Waals surface area contributed by atoms with Crippen LogP contribution in [-0.2, 0) is 5.75 Å². The maximum atomic E-state index is 9.03. The van der Waals surface area contributed by atoms with E-state index in [1.165, 1.54) is 11.8 Å². The van der Waals surface area contributed by atoms with Gasteiger partial charge in [0.1, 0.15) is 11.1 Å². The van der Waals surface area contributed by atoms with E-state index in [-0.39, 0.29) is 0 Å². The molecule has 1 aromatic carbocycles. The molecule has 0 spiro atoms. The molecule has 0 saturated heterocycles. The number of hydrogen-bond donors (Lipinski definition) is 0. The molecule has 0 amide bonds. The Labute approximate surface area is 116 Å². The number of rotatable bonds is 3. The van der Waals surface area contributed by atoms with Crippen molar-refractivity contribution in [3.05, 3.63) is 58.2 Å². The van der Waals surface area contributed by atoms with Crippen LogP contribution >= 0.6 is 23.4 Å². The van der Waals surface area contributed by atoms with Gasteiger partial charge in [-0.2, -0.15) is 5.26 Å². The van der Waals surface area contributed by atoms with Crippen LogP contribution in [0.4, 0.5) is 0 Å². The van der Waals surface area contributed by atoms with Crippen LogP contribution in [0.25, 0.3) is 0 Å². The summed E-state index contributed by atoms with van der Waals surface area (Å²) in [4.78, 5) is 4.39. The lowest BCUT2D eigenvalue weighted by Gasteiger charge is -2.05. The molecule has 0 N–H and O–H groups in total. The van der Waals surface area contributed by atoms with E-state index in [1.807, 2.05) is 37.3 Å². The predicted octanol–water partition coefficient (Wildman–Crippen LogP) is 4.21.